The number of aromatic nitrogens is 4. The summed E-state index contributed by atoms with van der Waals surface area (Å²) < 4.78 is 1.84. The number of nitrogens with one attached hydrogen (secondary N) is 2. The summed E-state index contributed by atoms with van der Waals surface area (Å²) in [4.78, 5) is 34.4. The van der Waals surface area contributed by atoms with Gasteiger partial charge in [-0.15, -0.1) is 0 Å². The second-order valence-corrected chi connectivity index (χ2v) is 10.6. The van der Waals surface area contributed by atoms with E-state index in [1.165, 1.54) is 16.5 Å². The van der Waals surface area contributed by atoms with Gasteiger partial charge >= 0.3 is 11.8 Å². The maximum atomic E-state index is 12.5. The number of H-pyrrole nitrogens is 1. The van der Waals surface area contributed by atoms with Gasteiger partial charge in [0, 0.05) is 41.8 Å². The lowest BCUT2D eigenvalue weighted by molar-refractivity contribution is -0.146. The second kappa shape index (κ2) is 8.76. The average Bonchev–Trinajstić information content (AvgIpc) is 3.40. The minimum absolute atomic E-state index is 0.203. The van der Waals surface area contributed by atoms with Gasteiger partial charge in [0.2, 0.25) is 0 Å². The van der Waals surface area contributed by atoms with Crippen LogP contribution in [0.2, 0.25) is 0 Å². The first-order valence-electron chi connectivity index (χ1n) is 12.9. The molecule has 8 nitrogen and oxygen atoms in total. The van der Waals surface area contributed by atoms with Gasteiger partial charge in [0.15, 0.2) is 5.65 Å². The van der Waals surface area contributed by atoms with Gasteiger partial charge in [0.1, 0.15) is 6.33 Å². The monoisotopic (exact) mass is 484 g/mol. The largest absolute Gasteiger partial charge is 0.354 e. The zero-order valence-electron chi connectivity index (χ0n) is 21.0. The lowest BCUT2D eigenvalue weighted by atomic mass is 9.87. The SMILES string of the molecule is Cc1cc(-c2[nH]c3ccc(C4CCN(C(=O)C(=O)NC5CC5)CC4)cc3c2C(C)C)cn2ncnc12. The van der Waals surface area contributed by atoms with Crippen molar-refractivity contribution >= 4 is 28.4 Å². The van der Waals surface area contributed by atoms with Crippen molar-refractivity contribution in [1.82, 2.24) is 29.8 Å². The van der Waals surface area contributed by atoms with E-state index in [4.69, 9.17) is 0 Å². The van der Waals surface area contributed by atoms with Gasteiger partial charge in [-0.1, -0.05) is 19.9 Å². The van der Waals surface area contributed by atoms with E-state index in [-0.39, 0.29) is 11.9 Å². The summed E-state index contributed by atoms with van der Waals surface area (Å²) >= 11 is 0. The highest BCUT2D eigenvalue weighted by Crippen LogP contribution is 2.38. The molecule has 4 heterocycles. The molecule has 2 amide bonds. The van der Waals surface area contributed by atoms with E-state index < -0.39 is 5.91 Å². The van der Waals surface area contributed by atoms with Crippen LogP contribution in [0.1, 0.15) is 68.1 Å². The molecule has 8 heteroatoms. The Kier molecular flexibility index (Phi) is 5.54. The lowest BCUT2D eigenvalue weighted by Gasteiger charge is -2.32. The smallest absolute Gasteiger partial charge is 0.311 e. The van der Waals surface area contributed by atoms with Crippen LogP contribution in [0.4, 0.5) is 0 Å². The van der Waals surface area contributed by atoms with Crippen LogP contribution in [0.15, 0.2) is 36.8 Å². The number of aryl methyl sites for hydroxylation is 1. The van der Waals surface area contributed by atoms with Crippen LogP contribution in [0.3, 0.4) is 0 Å². The number of pyridine rings is 1. The minimum Gasteiger partial charge on any atom is -0.354 e. The Balaban J connectivity index is 1.27. The molecule has 2 fully saturated rings. The van der Waals surface area contributed by atoms with Crippen LogP contribution in [-0.2, 0) is 9.59 Å². The highest BCUT2D eigenvalue weighted by Gasteiger charge is 2.31. The maximum absolute atomic E-state index is 12.5. The number of fused-ring (bicyclic) bond motifs is 2. The molecule has 2 N–H and O–H groups in total. The molecule has 0 bridgehead atoms. The Morgan fingerprint density at radius 2 is 1.89 bits per heavy atom. The summed E-state index contributed by atoms with van der Waals surface area (Å²) in [6.45, 7) is 7.77. The standard InChI is InChI=1S/C28H32N6O2/c1-16(2)24-22-13-19(18-8-10-33(11-9-18)28(36)27(35)31-21-5-6-21)4-7-23(22)32-25(24)20-12-17(3)26-29-15-30-34(26)14-20/h4,7,12-16,18,21,32H,5-6,8-11H2,1-3H3,(H,31,35). The fourth-order valence-corrected chi connectivity index (χ4v) is 5.58. The Bertz CT molecular complexity index is 1470. The van der Waals surface area contributed by atoms with Crippen molar-refractivity contribution in [2.24, 2.45) is 0 Å². The fourth-order valence-electron chi connectivity index (χ4n) is 5.58. The molecule has 6 rings (SSSR count). The molecule has 1 aromatic carbocycles. The second-order valence-electron chi connectivity index (χ2n) is 10.6. The topological polar surface area (TPSA) is 95.4 Å². The van der Waals surface area contributed by atoms with Crippen molar-refractivity contribution in [2.45, 2.75) is 64.3 Å². The fraction of sp³-hybridized carbons (Fsp3) is 0.429. The van der Waals surface area contributed by atoms with E-state index in [0.29, 0.717) is 24.9 Å². The molecule has 1 saturated heterocycles. The summed E-state index contributed by atoms with van der Waals surface area (Å²) in [6.07, 6.45) is 7.33. The molecule has 0 unspecified atom stereocenters. The Morgan fingerprint density at radius 1 is 1.11 bits per heavy atom. The molecule has 4 aromatic rings. The van der Waals surface area contributed by atoms with Crippen molar-refractivity contribution in [3.05, 3.63) is 53.5 Å². The number of piperidine rings is 1. The van der Waals surface area contributed by atoms with E-state index >= 15 is 0 Å². The van der Waals surface area contributed by atoms with Gasteiger partial charge in [-0.3, -0.25) is 9.59 Å². The number of hydrogen-bond acceptors (Lipinski definition) is 4. The van der Waals surface area contributed by atoms with Crippen LogP contribution in [-0.4, -0.2) is 55.4 Å². The van der Waals surface area contributed by atoms with Crippen LogP contribution in [0.25, 0.3) is 27.8 Å². The van der Waals surface area contributed by atoms with Crippen molar-refractivity contribution in [3.8, 4) is 11.3 Å². The van der Waals surface area contributed by atoms with Crippen LogP contribution < -0.4 is 5.32 Å². The van der Waals surface area contributed by atoms with Crippen molar-refractivity contribution in [2.75, 3.05) is 13.1 Å². The molecule has 3 aromatic heterocycles. The van der Waals surface area contributed by atoms with Crippen molar-refractivity contribution in [3.63, 3.8) is 0 Å². The van der Waals surface area contributed by atoms with Gasteiger partial charge in [0.05, 0.1) is 5.69 Å². The Hall–Kier alpha value is -3.68. The summed E-state index contributed by atoms with van der Waals surface area (Å²) in [5.41, 5.74) is 7.91. The van der Waals surface area contributed by atoms with Gasteiger partial charge in [-0.05, 0) is 79.3 Å². The van der Waals surface area contributed by atoms with Crippen LogP contribution >= 0.6 is 0 Å². The molecule has 1 aliphatic carbocycles. The number of carbonyl (C=O) groups excluding carboxylic acids is 2. The number of amides is 2. The molecule has 0 spiro atoms. The average molecular weight is 485 g/mol. The van der Waals surface area contributed by atoms with E-state index in [2.05, 4.69) is 65.4 Å². The first-order valence-corrected chi connectivity index (χ1v) is 12.9. The number of carbonyl (C=O) groups is 2. The van der Waals surface area contributed by atoms with Crippen LogP contribution in [0.5, 0.6) is 0 Å². The first kappa shape index (κ1) is 22.8. The Labute approximate surface area is 210 Å². The number of nitrogens with zero attached hydrogens (tertiary/aromatic N) is 4. The molecular weight excluding hydrogens is 452 g/mol. The maximum Gasteiger partial charge on any atom is 0.311 e. The molecule has 0 radical (unpaired) electrons. The van der Waals surface area contributed by atoms with Crippen molar-refractivity contribution in [1.29, 1.82) is 0 Å². The molecule has 0 atom stereocenters. The van der Waals surface area contributed by atoms with Gasteiger partial charge < -0.3 is 15.2 Å². The quantitative estimate of drug-likeness (QED) is 0.422. The van der Waals surface area contributed by atoms with Gasteiger partial charge in [0.25, 0.3) is 0 Å². The molecular formula is C28H32N6O2. The summed E-state index contributed by atoms with van der Waals surface area (Å²) in [5, 5.41) is 8.42. The molecule has 1 saturated carbocycles. The molecule has 2 aliphatic rings. The third kappa shape index (κ3) is 4.04. The number of aromatic amines is 1. The predicted molar refractivity (Wildman–Crippen MR) is 139 cm³/mol. The number of likely N-dealkylation sites (tertiary alicyclic amines) is 1. The van der Waals surface area contributed by atoms with E-state index in [1.807, 2.05) is 10.7 Å². The van der Waals surface area contributed by atoms with Crippen molar-refractivity contribution < 1.29 is 9.59 Å². The summed E-state index contributed by atoms with van der Waals surface area (Å²) in [6, 6.07) is 9.09. The molecule has 36 heavy (non-hydrogen) atoms. The molecule has 1 aliphatic heterocycles. The third-order valence-electron chi connectivity index (χ3n) is 7.65. The lowest BCUT2D eigenvalue weighted by Crippen LogP contribution is -2.46. The normalized spacial score (nSPS) is 16.8. The Morgan fingerprint density at radius 3 is 2.61 bits per heavy atom. The minimum atomic E-state index is -0.446. The van der Waals surface area contributed by atoms with E-state index in [1.54, 1.807) is 11.2 Å². The van der Waals surface area contributed by atoms with Crippen LogP contribution in [0, 0.1) is 6.92 Å². The van der Waals surface area contributed by atoms with Gasteiger partial charge in [-0.25, -0.2) is 9.50 Å². The van der Waals surface area contributed by atoms with Gasteiger partial charge in [-0.2, -0.15) is 5.10 Å². The zero-order chi connectivity index (χ0) is 25.0. The first-order chi connectivity index (χ1) is 17.4. The predicted octanol–water partition coefficient (Wildman–Crippen LogP) is 4.29. The number of benzene rings is 1. The third-order valence-corrected chi connectivity index (χ3v) is 7.65. The number of rotatable bonds is 4. The van der Waals surface area contributed by atoms with E-state index in [9.17, 15) is 9.59 Å². The van der Waals surface area contributed by atoms with E-state index in [0.717, 1.165) is 53.7 Å². The number of hydrogen-bond donors (Lipinski definition) is 2. The summed E-state index contributed by atoms with van der Waals surface area (Å²) in [7, 11) is 0. The molecule has 186 valence electrons. The highest BCUT2D eigenvalue weighted by atomic mass is 16.2. The highest BCUT2D eigenvalue weighted by molar-refractivity contribution is 6.35. The zero-order valence-corrected chi connectivity index (χ0v) is 21.0. The summed E-state index contributed by atoms with van der Waals surface area (Å²) in [5.74, 6) is -0.122.